The maximum absolute atomic E-state index is 8.91. The van der Waals surface area contributed by atoms with Crippen molar-refractivity contribution in [1.29, 1.82) is 5.26 Å². The van der Waals surface area contributed by atoms with Crippen LogP contribution in [0.1, 0.15) is 12.1 Å². The molecule has 1 saturated heterocycles. The molecule has 0 aliphatic carbocycles. The van der Waals surface area contributed by atoms with Crippen LogP contribution in [-0.2, 0) is 0 Å². The second-order valence-electron chi connectivity index (χ2n) is 4.92. The minimum atomic E-state index is 0.342. The Balaban J connectivity index is 1.72. The van der Waals surface area contributed by atoms with Crippen LogP contribution in [0.2, 0.25) is 0 Å². The van der Waals surface area contributed by atoms with Gasteiger partial charge in [0.2, 0.25) is 5.95 Å². The van der Waals surface area contributed by atoms with Crippen LogP contribution in [0.25, 0.3) is 0 Å². The van der Waals surface area contributed by atoms with E-state index >= 15 is 0 Å². The van der Waals surface area contributed by atoms with Gasteiger partial charge in [-0.3, -0.25) is 0 Å². The van der Waals surface area contributed by atoms with E-state index in [9.17, 15) is 0 Å². The van der Waals surface area contributed by atoms with E-state index in [0.29, 0.717) is 17.7 Å². The molecule has 2 aromatic heterocycles. The first-order valence-electron chi connectivity index (χ1n) is 6.75. The largest absolute Gasteiger partial charge is 0.355 e. The molecule has 0 bridgehead atoms. The summed E-state index contributed by atoms with van der Waals surface area (Å²) < 4.78 is 0. The molecule has 7 heteroatoms. The Morgan fingerprint density at radius 2 is 2.24 bits per heavy atom. The number of anilines is 2. The maximum atomic E-state index is 8.91. The van der Waals surface area contributed by atoms with Gasteiger partial charge in [-0.2, -0.15) is 5.26 Å². The molecule has 3 rings (SSSR count). The number of nitrogens with zero attached hydrogens (tertiary/aromatic N) is 7. The van der Waals surface area contributed by atoms with E-state index in [4.69, 9.17) is 5.26 Å². The number of aromatic nitrogens is 4. The van der Waals surface area contributed by atoms with Crippen LogP contribution in [0.5, 0.6) is 0 Å². The van der Waals surface area contributed by atoms with E-state index in [-0.39, 0.29) is 0 Å². The molecule has 1 aliphatic rings. The number of hydrogen-bond acceptors (Lipinski definition) is 7. The molecule has 21 heavy (non-hydrogen) atoms. The highest BCUT2D eigenvalue weighted by Crippen LogP contribution is 2.22. The topological polar surface area (TPSA) is 81.8 Å². The van der Waals surface area contributed by atoms with E-state index in [0.717, 1.165) is 25.3 Å². The Morgan fingerprint density at radius 3 is 3.00 bits per heavy atom. The molecule has 0 N–H and O–H groups in total. The van der Waals surface area contributed by atoms with Crippen molar-refractivity contribution in [2.75, 3.05) is 29.9 Å². The number of nitriles is 1. The molecule has 2 aromatic rings. The zero-order chi connectivity index (χ0) is 14.7. The summed E-state index contributed by atoms with van der Waals surface area (Å²) in [5, 5.41) is 8.91. The lowest BCUT2D eigenvalue weighted by molar-refractivity contribution is 0.682. The van der Waals surface area contributed by atoms with Crippen molar-refractivity contribution >= 4 is 11.8 Å². The number of likely N-dealkylation sites (N-methyl/N-ethyl adjacent to an activating group) is 1. The van der Waals surface area contributed by atoms with Crippen molar-refractivity contribution in [3.05, 3.63) is 36.5 Å². The van der Waals surface area contributed by atoms with Crippen LogP contribution in [0.3, 0.4) is 0 Å². The van der Waals surface area contributed by atoms with Gasteiger partial charge in [0.25, 0.3) is 0 Å². The highest BCUT2D eigenvalue weighted by Gasteiger charge is 2.28. The minimum Gasteiger partial charge on any atom is -0.355 e. The lowest BCUT2D eigenvalue weighted by Crippen LogP contribution is -2.35. The highest BCUT2D eigenvalue weighted by molar-refractivity contribution is 5.41. The summed E-state index contributed by atoms with van der Waals surface area (Å²) >= 11 is 0. The van der Waals surface area contributed by atoms with Gasteiger partial charge in [-0.25, -0.2) is 19.9 Å². The smallest absolute Gasteiger partial charge is 0.226 e. The SMILES string of the molecule is CN(c1ccncn1)C1CCN(c2nccc(C#N)n2)C1. The zero-order valence-electron chi connectivity index (χ0n) is 11.7. The molecule has 1 unspecified atom stereocenters. The molecule has 1 atom stereocenters. The molecule has 1 fully saturated rings. The number of hydrogen-bond donors (Lipinski definition) is 0. The first-order chi connectivity index (χ1) is 10.3. The lowest BCUT2D eigenvalue weighted by Gasteiger charge is -2.25. The minimum absolute atomic E-state index is 0.342. The summed E-state index contributed by atoms with van der Waals surface area (Å²) in [5.74, 6) is 1.52. The Morgan fingerprint density at radius 1 is 1.33 bits per heavy atom. The average molecular weight is 281 g/mol. The fourth-order valence-electron chi connectivity index (χ4n) is 2.48. The van der Waals surface area contributed by atoms with Crippen molar-refractivity contribution in [1.82, 2.24) is 19.9 Å². The second-order valence-corrected chi connectivity index (χ2v) is 4.92. The van der Waals surface area contributed by atoms with E-state index in [2.05, 4.69) is 29.7 Å². The molecule has 7 nitrogen and oxygen atoms in total. The summed E-state index contributed by atoms with van der Waals surface area (Å²) in [4.78, 5) is 21.0. The maximum Gasteiger partial charge on any atom is 0.226 e. The van der Waals surface area contributed by atoms with Gasteiger partial charge in [-0.1, -0.05) is 0 Å². The zero-order valence-corrected chi connectivity index (χ0v) is 11.7. The molecule has 0 aromatic carbocycles. The van der Waals surface area contributed by atoms with Crippen LogP contribution in [0.15, 0.2) is 30.9 Å². The van der Waals surface area contributed by atoms with Crippen molar-refractivity contribution in [2.45, 2.75) is 12.5 Å². The van der Waals surface area contributed by atoms with Crippen LogP contribution in [0.4, 0.5) is 11.8 Å². The Kier molecular flexibility index (Phi) is 3.60. The fraction of sp³-hybridized carbons (Fsp3) is 0.357. The van der Waals surface area contributed by atoms with Crippen LogP contribution < -0.4 is 9.80 Å². The van der Waals surface area contributed by atoms with Gasteiger partial charge in [0, 0.05) is 38.6 Å². The predicted octanol–water partition coefficient (Wildman–Crippen LogP) is 0.853. The third-order valence-corrected chi connectivity index (χ3v) is 3.68. The van der Waals surface area contributed by atoms with Crippen LogP contribution >= 0.6 is 0 Å². The quantitative estimate of drug-likeness (QED) is 0.825. The van der Waals surface area contributed by atoms with Crippen LogP contribution in [0, 0.1) is 11.3 Å². The molecule has 0 amide bonds. The standard InChI is InChI=1S/C14H15N7/c1-20(13-3-5-16-10-18-13)12-4-7-21(9-12)14-17-6-2-11(8-15)19-14/h2-3,5-6,10,12H,4,7,9H2,1H3. The third kappa shape index (κ3) is 2.74. The Hall–Kier alpha value is -2.75. The van der Waals surface area contributed by atoms with Gasteiger partial charge in [0.15, 0.2) is 0 Å². The molecular formula is C14H15N7. The Labute approximate surface area is 122 Å². The molecule has 0 spiro atoms. The summed E-state index contributed by atoms with van der Waals surface area (Å²) in [6.07, 6.45) is 5.92. The number of rotatable bonds is 3. The Bertz CT molecular complexity index is 652. The molecule has 0 radical (unpaired) electrons. The van der Waals surface area contributed by atoms with E-state index in [1.54, 1.807) is 24.8 Å². The summed E-state index contributed by atoms with van der Waals surface area (Å²) in [5.41, 5.74) is 0.396. The average Bonchev–Trinajstić information content (AvgIpc) is 3.05. The van der Waals surface area contributed by atoms with Gasteiger partial charge in [-0.15, -0.1) is 0 Å². The van der Waals surface area contributed by atoms with E-state index in [1.807, 2.05) is 19.2 Å². The lowest BCUT2D eigenvalue weighted by atomic mass is 10.2. The van der Waals surface area contributed by atoms with Crippen molar-refractivity contribution < 1.29 is 0 Å². The van der Waals surface area contributed by atoms with Gasteiger partial charge < -0.3 is 9.80 Å². The summed E-state index contributed by atoms with van der Waals surface area (Å²) in [7, 11) is 2.03. The third-order valence-electron chi connectivity index (χ3n) is 3.68. The molecule has 106 valence electrons. The van der Waals surface area contributed by atoms with Crippen molar-refractivity contribution in [3.63, 3.8) is 0 Å². The van der Waals surface area contributed by atoms with Gasteiger partial charge >= 0.3 is 0 Å². The first-order valence-corrected chi connectivity index (χ1v) is 6.75. The summed E-state index contributed by atoms with van der Waals surface area (Å²) in [6.45, 7) is 1.68. The monoisotopic (exact) mass is 281 g/mol. The molecular weight excluding hydrogens is 266 g/mol. The van der Waals surface area contributed by atoms with E-state index in [1.165, 1.54) is 0 Å². The first kappa shape index (κ1) is 13.2. The van der Waals surface area contributed by atoms with Gasteiger partial charge in [0.05, 0.1) is 0 Å². The van der Waals surface area contributed by atoms with Crippen molar-refractivity contribution in [2.24, 2.45) is 0 Å². The van der Waals surface area contributed by atoms with E-state index < -0.39 is 0 Å². The molecule has 3 heterocycles. The fourth-order valence-corrected chi connectivity index (χ4v) is 2.48. The second kappa shape index (κ2) is 5.71. The molecule has 1 aliphatic heterocycles. The normalized spacial score (nSPS) is 17.5. The van der Waals surface area contributed by atoms with Crippen molar-refractivity contribution in [3.8, 4) is 6.07 Å². The van der Waals surface area contributed by atoms with Crippen LogP contribution in [-0.4, -0.2) is 46.1 Å². The van der Waals surface area contributed by atoms with Gasteiger partial charge in [-0.05, 0) is 18.6 Å². The van der Waals surface area contributed by atoms with Gasteiger partial charge in [0.1, 0.15) is 23.9 Å². The highest BCUT2D eigenvalue weighted by atomic mass is 15.3. The molecule has 0 saturated carbocycles. The summed E-state index contributed by atoms with van der Waals surface area (Å²) in [6, 6.07) is 5.90. The predicted molar refractivity (Wildman–Crippen MR) is 77.8 cm³/mol.